The molecule has 2 unspecified atom stereocenters. The fourth-order valence-electron chi connectivity index (χ4n) is 2.90. The zero-order valence-corrected chi connectivity index (χ0v) is 11.0. The van der Waals surface area contributed by atoms with Crippen molar-refractivity contribution >= 4 is 0 Å². The number of nitrogens with one attached hydrogen (secondary N) is 2. The van der Waals surface area contributed by atoms with Crippen LogP contribution in [-0.4, -0.2) is 19.3 Å². The number of hydrogen-bond acceptors (Lipinski definition) is 3. The minimum Gasteiger partial charge on any atom is -0.378 e. The SMILES string of the molecule is CC1OCCC1CNCc1ccc2c(c1)CNC2. The van der Waals surface area contributed by atoms with Gasteiger partial charge < -0.3 is 15.4 Å². The quantitative estimate of drug-likeness (QED) is 0.850. The highest BCUT2D eigenvalue weighted by Gasteiger charge is 2.23. The van der Waals surface area contributed by atoms with Gasteiger partial charge in [0, 0.05) is 32.8 Å². The molecule has 1 saturated heterocycles. The van der Waals surface area contributed by atoms with E-state index in [4.69, 9.17) is 4.74 Å². The van der Waals surface area contributed by atoms with Crippen LogP contribution < -0.4 is 10.6 Å². The first-order chi connectivity index (χ1) is 8.83. The molecule has 0 saturated carbocycles. The monoisotopic (exact) mass is 246 g/mol. The lowest BCUT2D eigenvalue weighted by atomic mass is 10.0. The van der Waals surface area contributed by atoms with Crippen molar-refractivity contribution in [3.05, 3.63) is 34.9 Å². The summed E-state index contributed by atoms with van der Waals surface area (Å²) in [6, 6.07) is 6.83. The molecule has 98 valence electrons. The molecule has 3 rings (SSSR count). The van der Waals surface area contributed by atoms with Crippen LogP contribution in [0, 0.1) is 5.92 Å². The average molecular weight is 246 g/mol. The molecule has 3 heteroatoms. The zero-order valence-electron chi connectivity index (χ0n) is 11.0. The number of benzene rings is 1. The van der Waals surface area contributed by atoms with Gasteiger partial charge >= 0.3 is 0 Å². The fraction of sp³-hybridized carbons (Fsp3) is 0.600. The number of hydrogen-bond donors (Lipinski definition) is 2. The van der Waals surface area contributed by atoms with Gasteiger partial charge in [0.1, 0.15) is 0 Å². The lowest BCUT2D eigenvalue weighted by Crippen LogP contribution is -2.26. The third kappa shape index (κ3) is 2.58. The van der Waals surface area contributed by atoms with Gasteiger partial charge in [0.15, 0.2) is 0 Å². The first-order valence-electron chi connectivity index (χ1n) is 6.96. The topological polar surface area (TPSA) is 33.3 Å². The Morgan fingerprint density at radius 3 is 3.06 bits per heavy atom. The molecule has 0 bridgehead atoms. The van der Waals surface area contributed by atoms with Crippen LogP contribution in [0.25, 0.3) is 0 Å². The Morgan fingerprint density at radius 2 is 2.22 bits per heavy atom. The van der Waals surface area contributed by atoms with Crippen LogP contribution in [0.1, 0.15) is 30.0 Å². The summed E-state index contributed by atoms with van der Waals surface area (Å²) in [6.07, 6.45) is 1.61. The van der Waals surface area contributed by atoms with Crippen LogP contribution >= 0.6 is 0 Å². The molecule has 1 aromatic carbocycles. The molecular formula is C15H22N2O. The second-order valence-corrected chi connectivity index (χ2v) is 5.46. The Labute approximate surface area is 109 Å². The Hall–Kier alpha value is -0.900. The molecule has 0 aromatic heterocycles. The van der Waals surface area contributed by atoms with E-state index in [9.17, 15) is 0 Å². The largest absolute Gasteiger partial charge is 0.378 e. The normalized spacial score (nSPS) is 26.5. The molecule has 0 radical (unpaired) electrons. The highest BCUT2D eigenvalue weighted by Crippen LogP contribution is 2.20. The van der Waals surface area contributed by atoms with E-state index in [2.05, 4.69) is 35.8 Å². The van der Waals surface area contributed by atoms with Gasteiger partial charge in [0.25, 0.3) is 0 Å². The Kier molecular flexibility index (Phi) is 3.64. The molecule has 1 fully saturated rings. The Balaban J connectivity index is 1.51. The van der Waals surface area contributed by atoms with Crippen molar-refractivity contribution in [1.29, 1.82) is 0 Å². The summed E-state index contributed by atoms with van der Waals surface area (Å²) in [4.78, 5) is 0. The Morgan fingerprint density at radius 1 is 1.33 bits per heavy atom. The maximum absolute atomic E-state index is 5.58. The van der Waals surface area contributed by atoms with Crippen LogP contribution in [0.15, 0.2) is 18.2 Å². The summed E-state index contributed by atoms with van der Waals surface area (Å²) in [5.74, 6) is 0.682. The van der Waals surface area contributed by atoms with Crippen molar-refractivity contribution < 1.29 is 4.74 Å². The lowest BCUT2D eigenvalue weighted by Gasteiger charge is -2.15. The molecule has 0 spiro atoms. The molecule has 1 aromatic rings. The zero-order chi connectivity index (χ0) is 12.4. The van der Waals surface area contributed by atoms with Gasteiger partial charge in [-0.3, -0.25) is 0 Å². The van der Waals surface area contributed by atoms with E-state index in [-0.39, 0.29) is 0 Å². The second kappa shape index (κ2) is 5.39. The highest BCUT2D eigenvalue weighted by molar-refractivity contribution is 5.34. The fourth-order valence-corrected chi connectivity index (χ4v) is 2.90. The van der Waals surface area contributed by atoms with E-state index in [0.717, 1.165) is 32.8 Å². The van der Waals surface area contributed by atoms with Crippen molar-refractivity contribution in [2.24, 2.45) is 5.92 Å². The maximum atomic E-state index is 5.58. The van der Waals surface area contributed by atoms with Gasteiger partial charge in [-0.1, -0.05) is 18.2 Å². The summed E-state index contributed by atoms with van der Waals surface area (Å²) in [5, 5.41) is 6.95. The second-order valence-electron chi connectivity index (χ2n) is 5.46. The first-order valence-corrected chi connectivity index (χ1v) is 6.96. The number of fused-ring (bicyclic) bond motifs is 1. The van der Waals surface area contributed by atoms with Gasteiger partial charge in [-0.25, -0.2) is 0 Å². The van der Waals surface area contributed by atoms with Crippen LogP contribution in [-0.2, 0) is 24.4 Å². The molecule has 0 amide bonds. The third-order valence-electron chi connectivity index (χ3n) is 4.17. The van der Waals surface area contributed by atoms with E-state index in [1.54, 1.807) is 0 Å². The predicted molar refractivity (Wildman–Crippen MR) is 72.2 cm³/mol. The average Bonchev–Trinajstić information content (AvgIpc) is 2.98. The minimum absolute atomic E-state index is 0.418. The Bertz CT molecular complexity index is 419. The van der Waals surface area contributed by atoms with E-state index in [1.807, 2.05) is 0 Å². The molecule has 2 aliphatic rings. The first kappa shape index (κ1) is 12.2. The summed E-state index contributed by atoms with van der Waals surface area (Å²) >= 11 is 0. The molecule has 2 aliphatic heterocycles. The van der Waals surface area contributed by atoms with Crippen molar-refractivity contribution in [3.8, 4) is 0 Å². The van der Waals surface area contributed by atoms with Crippen molar-refractivity contribution in [2.45, 2.75) is 39.1 Å². The van der Waals surface area contributed by atoms with Crippen molar-refractivity contribution in [1.82, 2.24) is 10.6 Å². The highest BCUT2D eigenvalue weighted by atomic mass is 16.5. The number of rotatable bonds is 4. The molecule has 2 N–H and O–H groups in total. The van der Waals surface area contributed by atoms with Gasteiger partial charge in [-0.2, -0.15) is 0 Å². The van der Waals surface area contributed by atoms with Crippen molar-refractivity contribution in [2.75, 3.05) is 13.2 Å². The summed E-state index contributed by atoms with van der Waals surface area (Å²) in [6.45, 7) is 7.20. The van der Waals surface area contributed by atoms with E-state index < -0.39 is 0 Å². The van der Waals surface area contributed by atoms with Crippen molar-refractivity contribution in [3.63, 3.8) is 0 Å². The van der Waals surface area contributed by atoms with E-state index in [1.165, 1.54) is 23.1 Å². The van der Waals surface area contributed by atoms with Gasteiger partial charge in [-0.15, -0.1) is 0 Å². The number of ether oxygens (including phenoxy) is 1. The smallest absolute Gasteiger partial charge is 0.0588 e. The van der Waals surface area contributed by atoms with Crippen LogP contribution in [0.2, 0.25) is 0 Å². The standard InChI is InChI=1S/C15H22N2O/c1-11-13(4-5-18-11)8-16-7-12-2-3-14-9-17-10-15(14)6-12/h2-3,6,11,13,16-17H,4-5,7-10H2,1H3. The van der Waals surface area contributed by atoms with Crippen LogP contribution in [0.5, 0.6) is 0 Å². The molecule has 18 heavy (non-hydrogen) atoms. The summed E-state index contributed by atoms with van der Waals surface area (Å²) in [5.41, 5.74) is 4.31. The third-order valence-corrected chi connectivity index (χ3v) is 4.17. The molecule has 3 nitrogen and oxygen atoms in total. The molecular weight excluding hydrogens is 224 g/mol. The molecule has 2 heterocycles. The molecule has 2 atom stereocenters. The van der Waals surface area contributed by atoms with Gasteiger partial charge in [-0.05, 0) is 36.0 Å². The van der Waals surface area contributed by atoms with Crippen LogP contribution in [0.4, 0.5) is 0 Å². The summed E-state index contributed by atoms with van der Waals surface area (Å²) < 4.78 is 5.58. The van der Waals surface area contributed by atoms with Crippen LogP contribution in [0.3, 0.4) is 0 Å². The molecule has 0 aliphatic carbocycles. The van der Waals surface area contributed by atoms with Gasteiger partial charge in [0.05, 0.1) is 6.10 Å². The van der Waals surface area contributed by atoms with Gasteiger partial charge in [0.2, 0.25) is 0 Å². The van der Waals surface area contributed by atoms with E-state index in [0.29, 0.717) is 12.0 Å². The van der Waals surface area contributed by atoms with E-state index >= 15 is 0 Å². The summed E-state index contributed by atoms with van der Waals surface area (Å²) in [7, 11) is 0. The predicted octanol–water partition coefficient (Wildman–Crippen LogP) is 1.80. The minimum atomic E-state index is 0.418. The maximum Gasteiger partial charge on any atom is 0.0588 e. The lowest BCUT2D eigenvalue weighted by molar-refractivity contribution is 0.105.